The number of carbonyl (C=O) groups is 1. The normalized spacial score (nSPS) is 20.0. The van der Waals surface area contributed by atoms with Crippen molar-refractivity contribution >= 4 is 28.4 Å². The molecule has 0 saturated carbocycles. The van der Waals surface area contributed by atoms with Crippen molar-refractivity contribution in [2.75, 3.05) is 52.6 Å². The summed E-state index contributed by atoms with van der Waals surface area (Å²) in [5.74, 6) is 0.0588. The number of hydrogen-bond acceptors (Lipinski definition) is 5. The van der Waals surface area contributed by atoms with Crippen molar-refractivity contribution in [1.29, 1.82) is 0 Å². The van der Waals surface area contributed by atoms with E-state index >= 15 is 0 Å². The van der Waals surface area contributed by atoms with E-state index in [4.69, 9.17) is 21.1 Å². The van der Waals surface area contributed by atoms with E-state index in [1.807, 2.05) is 22.9 Å². The van der Waals surface area contributed by atoms with Gasteiger partial charge < -0.3 is 14.8 Å². The average molecular weight is 421 g/mol. The molecule has 158 valence electrons. The van der Waals surface area contributed by atoms with E-state index in [-0.39, 0.29) is 11.3 Å². The van der Waals surface area contributed by atoms with Crippen LogP contribution < -0.4 is 5.32 Å². The highest BCUT2D eigenvalue weighted by Crippen LogP contribution is 2.31. The number of nitrogens with zero attached hydrogens (tertiary/aromatic N) is 3. The summed E-state index contributed by atoms with van der Waals surface area (Å²) in [5.41, 5.74) is 1.04. The molecule has 0 radical (unpaired) electrons. The maximum Gasteiger partial charge on any atom is 0.221 e. The fourth-order valence-corrected chi connectivity index (χ4v) is 4.48. The molecular formula is C21H29ClN4O3. The van der Waals surface area contributed by atoms with Gasteiger partial charge in [-0.15, -0.1) is 0 Å². The van der Waals surface area contributed by atoms with E-state index in [1.165, 1.54) is 0 Å². The van der Waals surface area contributed by atoms with Gasteiger partial charge in [0.25, 0.3) is 0 Å². The number of halogens is 1. The smallest absolute Gasteiger partial charge is 0.221 e. The number of hydrogen-bond donors (Lipinski definition) is 1. The summed E-state index contributed by atoms with van der Waals surface area (Å²) in [5, 5.41) is 9.17. The van der Waals surface area contributed by atoms with E-state index in [9.17, 15) is 4.79 Å². The number of morpholine rings is 1. The Morgan fingerprint density at radius 1 is 1.17 bits per heavy atom. The van der Waals surface area contributed by atoms with Gasteiger partial charge in [0, 0.05) is 56.6 Å². The maximum absolute atomic E-state index is 12.6. The molecule has 1 N–H and O–H groups in total. The lowest BCUT2D eigenvalue weighted by Crippen LogP contribution is -2.50. The van der Waals surface area contributed by atoms with Crippen LogP contribution in [0.15, 0.2) is 24.4 Å². The number of aryl methyl sites for hydroxylation is 1. The minimum Gasteiger partial charge on any atom is -0.381 e. The zero-order valence-corrected chi connectivity index (χ0v) is 17.5. The zero-order valence-electron chi connectivity index (χ0n) is 16.7. The van der Waals surface area contributed by atoms with Crippen LogP contribution in [0.1, 0.15) is 19.3 Å². The van der Waals surface area contributed by atoms with Gasteiger partial charge in [-0.1, -0.05) is 17.7 Å². The van der Waals surface area contributed by atoms with Crippen molar-refractivity contribution in [3.05, 3.63) is 29.4 Å². The number of nitrogens with one attached hydrogen (secondary N) is 1. The quantitative estimate of drug-likeness (QED) is 0.744. The highest BCUT2D eigenvalue weighted by Gasteiger charge is 2.35. The van der Waals surface area contributed by atoms with Crippen molar-refractivity contribution in [3.63, 3.8) is 0 Å². The number of carbonyl (C=O) groups excluding carboxylic acids is 1. The number of aromatic nitrogens is 2. The highest BCUT2D eigenvalue weighted by molar-refractivity contribution is 6.35. The van der Waals surface area contributed by atoms with Gasteiger partial charge in [-0.2, -0.15) is 5.10 Å². The van der Waals surface area contributed by atoms with Gasteiger partial charge in [0.1, 0.15) is 0 Å². The van der Waals surface area contributed by atoms with Gasteiger partial charge in [0.05, 0.1) is 36.5 Å². The minimum absolute atomic E-state index is 0.0588. The Balaban J connectivity index is 1.32. The lowest BCUT2D eigenvalue weighted by molar-refractivity contribution is -0.122. The number of benzene rings is 1. The third-order valence-corrected chi connectivity index (χ3v) is 6.39. The number of fused-ring (bicyclic) bond motifs is 1. The summed E-state index contributed by atoms with van der Waals surface area (Å²) in [6.07, 6.45) is 4.11. The highest BCUT2D eigenvalue weighted by atomic mass is 35.5. The molecule has 8 heteroatoms. The first-order valence-corrected chi connectivity index (χ1v) is 10.8. The number of ether oxygens (including phenoxy) is 2. The molecule has 1 amide bonds. The second kappa shape index (κ2) is 9.43. The first kappa shape index (κ1) is 20.6. The van der Waals surface area contributed by atoms with Crippen molar-refractivity contribution in [2.24, 2.45) is 5.41 Å². The van der Waals surface area contributed by atoms with E-state index in [2.05, 4.69) is 15.3 Å². The minimum atomic E-state index is 0.0588. The second-order valence-electron chi connectivity index (χ2n) is 8.07. The molecule has 7 nitrogen and oxygen atoms in total. The molecule has 4 rings (SSSR count). The third-order valence-electron chi connectivity index (χ3n) is 6.06. The van der Waals surface area contributed by atoms with Crippen molar-refractivity contribution in [3.8, 4) is 0 Å². The van der Waals surface area contributed by atoms with E-state index < -0.39 is 0 Å². The predicted molar refractivity (Wildman–Crippen MR) is 112 cm³/mol. The average Bonchev–Trinajstić information content (AvgIpc) is 3.17. The summed E-state index contributed by atoms with van der Waals surface area (Å²) in [6, 6.07) is 5.74. The Bertz CT molecular complexity index is 828. The van der Waals surface area contributed by atoms with Crippen LogP contribution in [0.3, 0.4) is 0 Å². The molecule has 29 heavy (non-hydrogen) atoms. The molecule has 2 aromatic rings. The van der Waals surface area contributed by atoms with Gasteiger partial charge in [-0.3, -0.25) is 14.4 Å². The Labute approximate surface area is 176 Å². The van der Waals surface area contributed by atoms with Crippen LogP contribution in [0, 0.1) is 5.41 Å². The topological polar surface area (TPSA) is 68.6 Å². The summed E-state index contributed by atoms with van der Waals surface area (Å²) >= 11 is 6.21. The van der Waals surface area contributed by atoms with Gasteiger partial charge in [-0.05, 0) is 25.0 Å². The molecule has 0 atom stereocenters. The van der Waals surface area contributed by atoms with E-state index in [0.717, 1.165) is 69.8 Å². The molecule has 0 bridgehead atoms. The standard InChI is InChI=1S/C21H29ClN4O3/c22-18-2-1-3-19-17(18)14-24-26(19)7-4-20(27)23-15-21(5-10-28-11-6-21)16-25-8-12-29-13-9-25/h1-3,14H,4-13,15-16H2,(H,23,27). The van der Waals surface area contributed by atoms with Crippen LogP contribution in [0.4, 0.5) is 0 Å². The third kappa shape index (κ3) is 5.09. The predicted octanol–water partition coefficient (Wildman–Crippen LogP) is 2.33. The second-order valence-corrected chi connectivity index (χ2v) is 8.48. The van der Waals surface area contributed by atoms with E-state index in [1.54, 1.807) is 6.20 Å². The number of amides is 1. The Morgan fingerprint density at radius 3 is 2.72 bits per heavy atom. The molecule has 2 saturated heterocycles. The fourth-order valence-electron chi connectivity index (χ4n) is 4.26. The summed E-state index contributed by atoms with van der Waals surface area (Å²) in [7, 11) is 0. The van der Waals surface area contributed by atoms with Crippen LogP contribution in [0.25, 0.3) is 10.9 Å². The van der Waals surface area contributed by atoms with Crippen LogP contribution >= 0.6 is 11.6 Å². The largest absolute Gasteiger partial charge is 0.381 e. The van der Waals surface area contributed by atoms with Crippen LogP contribution in [0.2, 0.25) is 5.02 Å². The SMILES string of the molecule is O=C(CCn1ncc2c(Cl)cccc21)NCC1(CN2CCOCC2)CCOCC1. The Kier molecular flexibility index (Phi) is 6.70. The molecule has 2 fully saturated rings. The molecule has 2 aliphatic rings. The van der Waals surface area contributed by atoms with Crippen LogP contribution in [-0.2, 0) is 20.8 Å². The van der Waals surface area contributed by atoms with Crippen LogP contribution in [0.5, 0.6) is 0 Å². The van der Waals surface area contributed by atoms with Crippen molar-refractivity contribution in [2.45, 2.75) is 25.8 Å². The van der Waals surface area contributed by atoms with Crippen molar-refractivity contribution in [1.82, 2.24) is 20.0 Å². The van der Waals surface area contributed by atoms with Gasteiger partial charge in [0.15, 0.2) is 0 Å². The van der Waals surface area contributed by atoms with Gasteiger partial charge in [0.2, 0.25) is 5.91 Å². The van der Waals surface area contributed by atoms with E-state index in [0.29, 0.717) is 24.5 Å². The molecule has 0 unspecified atom stereocenters. The van der Waals surface area contributed by atoms with Gasteiger partial charge >= 0.3 is 0 Å². The Morgan fingerprint density at radius 2 is 1.93 bits per heavy atom. The zero-order chi connectivity index (χ0) is 20.1. The molecule has 1 aromatic heterocycles. The number of rotatable bonds is 7. The molecule has 3 heterocycles. The monoisotopic (exact) mass is 420 g/mol. The molecular weight excluding hydrogens is 392 g/mol. The summed E-state index contributed by atoms with van der Waals surface area (Å²) in [6.45, 7) is 7.26. The lowest BCUT2D eigenvalue weighted by Gasteiger charge is -2.42. The molecule has 0 spiro atoms. The maximum atomic E-state index is 12.6. The lowest BCUT2D eigenvalue weighted by atomic mass is 9.79. The molecule has 1 aromatic carbocycles. The van der Waals surface area contributed by atoms with Crippen LogP contribution in [-0.4, -0.2) is 73.2 Å². The Hall–Kier alpha value is -1.67. The first-order valence-electron chi connectivity index (χ1n) is 10.4. The summed E-state index contributed by atoms with van der Waals surface area (Å²) in [4.78, 5) is 15.0. The van der Waals surface area contributed by atoms with Crippen molar-refractivity contribution < 1.29 is 14.3 Å². The van der Waals surface area contributed by atoms with Gasteiger partial charge in [-0.25, -0.2) is 0 Å². The first-order chi connectivity index (χ1) is 14.2. The fraction of sp³-hybridized carbons (Fsp3) is 0.619. The molecule has 2 aliphatic heterocycles. The molecule has 0 aliphatic carbocycles. The summed E-state index contributed by atoms with van der Waals surface area (Å²) < 4.78 is 12.9.